The van der Waals surface area contributed by atoms with Crippen molar-refractivity contribution in [2.75, 3.05) is 13.6 Å². The highest BCUT2D eigenvalue weighted by Gasteiger charge is 2.30. The van der Waals surface area contributed by atoms with Crippen LogP contribution in [0.2, 0.25) is 0 Å². The van der Waals surface area contributed by atoms with Crippen molar-refractivity contribution in [1.82, 2.24) is 15.5 Å². The number of likely N-dealkylation sites (N-methyl/N-ethyl adjacent to an activating group) is 1. The van der Waals surface area contributed by atoms with Crippen LogP contribution in [0.1, 0.15) is 70.0 Å². The van der Waals surface area contributed by atoms with Crippen molar-refractivity contribution in [2.24, 2.45) is 0 Å². The molecule has 1 atom stereocenters. The Morgan fingerprint density at radius 2 is 1.70 bits per heavy atom. The lowest BCUT2D eigenvalue weighted by Gasteiger charge is -2.31. The second kappa shape index (κ2) is 10.5. The van der Waals surface area contributed by atoms with Crippen molar-refractivity contribution in [3.63, 3.8) is 0 Å². The second-order valence-electron chi connectivity index (χ2n) is 9.02. The molecule has 1 aromatic carbocycles. The van der Waals surface area contributed by atoms with E-state index >= 15 is 0 Å². The molecule has 0 spiro atoms. The number of ether oxygens (including phenoxy) is 1. The van der Waals surface area contributed by atoms with Gasteiger partial charge >= 0.3 is 6.09 Å². The maximum atomic E-state index is 13.2. The Bertz CT molecular complexity index is 734. The van der Waals surface area contributed by atoms with Gasteiger partial charge < -0.3 is 20.3 Å². The van der Waals surface area contributed by atoms with E-state index in [0.717, 1.165) is 36.8 Å². The second-order valence-corrected chi connectivity index (χ2v) is 9.02. The monoisotopic (exact) mass is 417 g/mol. The number of nitrogens with zero attached hydrogens (tertiary/aromatic N) is 1. The lowest BCUT2D eigenvalue weighted by molar-refractivity contribution is -0.139. The van der Waals surface area contributed by atoms with Crippen LogP contribution in [-0.4, -0.2) is 48.0 Å². The van der Waals surface area contributed by atoms with Gasteiger partial charge in [-0.3, -0.25) is 9.59 Å². The van der Waals surface area contributed by atoms with Crippen LogP contribution in [0, 0.1) is 6.92 Å². The molecule has 0 saturated heterocycles. The molecule has 0 aliphatic heterocycles. The summed E-state index contributed by atoms with van der Waals surface area (Å²) in [5, 5.41) is 5.59. The fraction of sp³-hybridized carbons (Fsp3) is 0.609. The molecule has 7 nitrogen and oxygen atoms in total. The largest absolute Gasteiger partial charge is 0.444 e. The van der Waals surface area contributed by atoms with Crippen LogP contribution in [0.15, 0.2) is 24.3 Å². The molecule has 166 valence electrons. The maximum Gasteiger partial charge on any atom is 0.408 e. The molecule has 0 aromatic heterocycles. The summed E-state index contributed by atoms with van der Waals surface area (Å²) in [6, 6.07) is 6.96. The lowest BCUT2D eigenvalue weighted by Crippen LogP contribution is -2.48. The number of benzene rings is 1. The van der Waals surface area contributed by atoms with E-state index in [9.17, 15) is 14.4 Å². The highest BCUT2D eigenvalue weighted by molar-refractivity contribution is 5.90. The number of carbonyl (C=O) groups excluding carboxylic acids is 3. The van der Waals surface area contributed by atoms with Gasteiger partial charge in [-0.15, -0.1) is 0 Å². The zero-order valence-corrected chi connectivity index (χ0v) is 18.8. The van der Waals surface area contributed by atoms with Gasteiger partial charge in [0.15, 0.2) is 0 Å². The van der Waals surface area contributed by atoms with E-state index in [-0.39, 0.29) is 24.4 Å². The topological polar surface area (TPSA) is 87.7 Å². The van der Waals surface area contributed by atoms with E-state index in [2.05, 4.69) is 10.6 Å². The van der Waals surface area contributed by atoms with Crippen LogP contribution in [0.3, 0.4) is 0 Å². The Balaban J connectivity index is 2.10. The van der Waals surface area contributed by atoms with Crippen molar-refractivity contribution < 1.29 is 19.1 Å². The molecule has 2 rings (SSSR count). The average molecular weight is 418 g/mol. The van der Waals surface area contributed by atoms with E-state index in [0.29, 0.717) is 0 Å². The summed E-state index contributed by atoms with van der Waals surface area (Å²) in [5.41, 5.74) is 1.16. The number of amides is 3. The number of aryl methyl sites for hydroxylation is 1. The minimum absolute atomic E-state index is 0.141. The van der Waals surface area contributed by atoms with E-state index in [4.69, 9.17) is 4.74 Å². The third kappa shape index (κ3) is 7.35. The van der Waals surface area contributed by atoms with Crippen molar-refractivity contribution in [3.05, 3.63) is 35.4 Å². The van der Waals surface area contributed by atoms with Crippen LogP contribution >= 0.6 is 0 Å². The molecule has 30 heavy (non-hydrogen) atoms. The quantitative estimate of drug-likeness (QED) is 0.742. The first-order chi connectivity index (χ1) is 14.1. The average Bonchev–Trinajstić information content (AvgIpc) is 2.67. The fourth-order valence-electron chi connectivity index (χ4n) is 3.56. The van der Waals surface area contributed by atoms with Gasteiger partial charge in [0.2, 0.25) is 11.8 Å². The zero-order valence-electron chi connectivity index (χ0n) is 18.8. The summed E-state index contributed by atoms with van der Waals surface area (Å²) in [6.45, 7) is 6.99. The molecule has 1 aliphatic rings. The van der Waals surface area contributed by atoms with Crippen LogP contribution in [-0.2, 0) is 14.3 Å². The highest BCUT2D eigenvalue weighted by atomic mass is 16.6. The summed E-state index contributed by atoms with van der Waals surface area (Å²) in [7, 11) is 1.59. The van der Waals surface area contributed by atoms with Gasteiger partial charge in [-0.05, 0) is 46.1 Å². The highest BCUT2D eigenvalue weighted by Crippen LogP contribution is 2.23. The number of nitrogens with one attached hydrogen (secondary N) is 2. The zero-order chi connectivity index (χ0) is 22.3. The summed E-state index contributed by atoms with van der Waals surface area (Å²) in [4.78, 5) is 39.2. The number of rotatable bonds is 6. The molecule has 1 aromatic rings. The van der Waals surface area contributed by atoms with Gasteiger partial charge in [0.1, 0.15) is 18.2 Å². The molecule has 1 unspecified atom stereocenters. The third-order valence-corrected chi connectivity index (χ3v) is 5.16. The number of hydrogen-bond acceptors (Lipinski definition) is 4. The Hall–Kier alpha value is -2.57. The molecule has 3 amide bonds. The maximum absolute atomic E-state index is 13.2. The summed E-state index contributed by atoms with van der Waals surface area (Å²) >= 11 is 0. The standard InChI is InChI=1S/C23H35N3O4/c1-16-11-13-17(14-12-16)20(21(28)25-18-9-7-6-8-10-18)26(5)19(27)15-24-22(29)30-23(2,3)4/h11-14,18,20H,6-10,15H2,1-5H3,(H,24,29)(H,25,28). The van der Waals surface area contributed by atoms with E-state index < -0.39 is 17.7 Å². The normalized spacial score (nSPS) is 15.8. The van der Waals surface area contributed by atoms with Gasteiger partial charge in [-0.2, -0.15) is 0 Å². The number of carbonyl (C=O) groups is 3. The first-order valence-corrected chi connectivity index (χ1v) is 10.7. The summed E-state index contributed by atoms with van der Waals surface area (Å²) in [5.74, 6) is -0.566. The van der Waals surface area contributed by atoms with Crippen molar-refractivity contribution in [3.8, 4) is 0 Å². The predicted molar refractivity (Wildman–Crippen MR) is 116 cm³/mol. The molecule has 0 radical (unpaired) electrons. The number of hydrogen-bond donors (Lipinski definition) is 2. The van der Waals surface area contributed by atoms with Gasteiger partial charge in [-0.1, -0.05) is 49.1 Å². The van der Waals surface area contributed by atoms with E-state index in [1.807, 2.05) is 31.2 Å². The molecule has 7 heteroatoms. The Kier molecular flexibility index (Phi) is 8.26. The van der Waals surface area contributed by atoms with Gasteiger partial charge in [0, 0.05) is 13.1 Å². The number of alkyl carbamates (subject to hydrolysis) is 1. The molecular formula is C23H35N3O4. The Morgan fingerprint density at radius 1 is 1.10 bits per heavy atom. The minimum atomic E-state index is -0.763. The SMILES string of the molecule is Cc1ccc(C(C(=O)NC2CCCCC2)N(C)C(=O)CNC(=O)OC(C)(C)C)cc1. The van der Waals surface area contributed by atoms with Crippen LogP contribution in [0.25, 0.3) is 0 Å². The smallest absolute Gasteiger partial charge is 0.408 e. The van der Waals surface area contributed by atoms with Gasteiger partial charge in [-0.25, -0.2) is 4.79 Å². The molecule has 0 heterocycles. The van der Waals surface area contributed by atoms with Crippen molar-refractivity contribution >= 4 is 17.9 Å². The Labute approximate surface area is 179 Å². The van der Waals surface area contributed by atoms with Gasteiger partial charge in [0.25, 0.3) is 0 Å². The molecule has 1 fully saturated rings. The summed E-state index contributed by atoms with van der Waals surface area (Å²) in [6.07, 6.45) is 4.67. The fourth-order valence-corrected chi connectivity index (χ4v) is 3.56. The van der Waals surface area contributed by atoms with Crippen LogP contribution in [0.4, 0.5) is 4.79 Å². The molecular weight excluding hydrogens is 382 g/mol. The molecule has 1 aliphatic carbocycles. The Morgan fingerprint density at radius 3 is 2.27 bits per heavy atom. The molecule has 0 bridgehead atoms. The van der Waals surface area contributed by atoms with Crippen LogP contribution in [0.5, 0.6) is 0 Å². The summed E-state index contributed by atoms with van der Waals surface area (Å²) < 4.78 is 5.17. The van der Waals surface area contributed by atoms with E-state index in [1.54, 1.807) is 27.8 Å². The third-order valence-electron chi connectivity index (χ3n) is 5.16. The first-order valence-electron chi connectivity index (χ1n) is 10.7. The first kappa shape index (κ1) is 23.7. The molecule has 2 N–H and O–H groups in total. The van der Waals surface area contributed by atoms with Crippen molar-refractivity contribution in [1.29, 1.82) is 0 Å². The molecule has 1 saturated carbocycles. The van der Waals surface area contributed by atoms with E-state index in [1.165, 1.54) is 11.3 Å². The predicted octanol–water partition coefficient (Wildman–Crippen LogP) is 3.47. The van der Waals surface area contributed by atoms with Crippen LogP contribution < -0.4 is 10.6 Å². The van der Waals surface area contributed by atoms with Crippen molar-refractivity contribution in [2.45, 2.75) is 77.5 Å². The lowest BCUT2D eigenvalue weighted by atomic mass is 9.94. The van der Waals surface area contributed by atoms with Gasteiger partial charge in [0.05, 0.1) is 0 Å². The minimum Gasteiger partial charge on any atom is -0.444 e.